The zero-order valence-corrected chi connectivity index (χ0v) is 10.2. The van der Waals surface area contributed by atoms with Gasteiger partial charge in [-0.05, 0) is 6.92 Å². The third-order valence-corrected chi connectivity index (χ3v) is 2.75. The van der Waals surface area contributed by atoms with Gasteiger partial charge < -0.3 is 5.11 Å². The van der Waals surface area contributed by atoms with E-state index in [1.807, 2.05) is 0 Å². The van der Waals surface area contributed by atoms with E-state index in [9.17, 15) is 13.6 Å². The van der Waals surface area contributed by atoms with Gasteiger partial charge in [0.15, 0.2) is 5.78 Å². The summed E-state index contributed by atoms with van der Waals surface area (Å²) in [7, 11) is 0. The van der Waals surface area contributed by atoms with E-state index in [2.05, 4.69) is 0 Å². The van der Waals surface area contributed by atoms with Gasteiger partial charge in [0, 0.05) is 12.1 Å². The van der Waals surface area contributed by atoms with Crippen LogP contribution in [0.1, 0.15) is 17.3 Å². The number of alkyl halides is 2. The van der Waals surface area contributed by atoms with Crippen LogP contribution in [0, 0.1) is 0 Å². The second kappa shape index (κ2) is 7.18. The molecule has 1 unspecified atom stereocenters. The fraction of sp³-hybridized carbons (Fsp3) is 0.462. The molecule has 0 fully saturated rings. The average molecular weight is 257 g/mol. The number of rotatable bonds is 7. The molecule has 1 aromatic carbocycles. The van der Waals surface area contributed by atoms with Crippen LogP contribution in [0.15, 0.2) is 30.3 Å². The second-order valence-corrected chi connectivity index (χ2v) is 4.02. The quantitative estimate of drug-likeness (QED) is 0.757. The Labute approximate surface area is 105 Å². The molecule has 1 N–H and O–H groups in total. The molecule has 0 radical (unpaired) electrons. The zero-order valence-electron chi connectivity index (χ0n) is 10.2. The van der Waals surface area contributed by atoms with Crippen molar-refractivity contribution in [3.05, 3.63) is 35.9 Å². The second-order valence-electron chi connectivity index (χ2n) is 4.02. The van der Waals surface area contributed by atoms with Crippen LogP contribution in [0.4, 0.5) is 8.78 Å². The summed E-state index contributed by atoms with van der Waals surface area (Å²) in [6, 6.07) is 7.86. The van der Waals surface area contributed by atoms with Gasteiger partial charge in [0.05, 0.1) is 19.2 Å². The summed E-state index contributed by atoms with van der Waals surface area (Å²) < 4.78 is 24.8. The van der Waals surface area contributed by atoms with Crippen LogP contribution in [0.25, 0.3) is 0 Å². The predicted molar refractivity (Wildman–Crippen MR) is 64.9 cm³/mol. The molecule has 18 heavy (non-hydrogen) atoms. The number of carbonyl (C=O) groups is 1. The predicted octanol–water partition coefficient (Wildman–Crippen LogP) is 1.82. The third-order valence-electron chi connectivity index (χ3n) is 2.75. The largest absolute Gasteiger partial charge is 0.395 e. The number of halogens is 2. The number of nitrogens with zero attached hydrogens (tertiary/aromatic N) is 1. The minimum atomic E-state index is -2.53. The Morgan fingerprint density at radius 2 is 1.94 bits per heavy atom. The van der Waals surface area contributed by atoms with Crippen molar-refractivity contribution >= 4 is 5.78 Å². The average Bonchev–Trinajstić information content (AvgIpc) is 2.37. The molecule has 0 saturated carbocycles. The summed E-state index contributed by atoms with van der Waals surface area (Å²) in [6.07, 6.45) is -2.53. The molecule has 0 aliphatic rings. The molecular weight excluding hydrogens is 240 g/mol. The number of hydrogen-bond donors (Lipinski definition) is 1. The van der Waals surface area contributed by atoms with E-state index in [1.165, 1.54) is 4.90 Å². The molecule has 1 rings (SSSR count). The maximum atomic E-state index is 12.4. The Balaban J connectivity index is 2.76. The first-order chi connectivity index (χ1) is 8.56. The van der Waals surface area contributed by atoms with Crippen molar-refractivity contribution in [1.29, 1.82) is 0 Å². The van der Waals surface area contributed by atoms with Gasteiger partial charge in [-0.2, -0.15) is 0 Å². The van der Waals surface area contributed by atoms with E-state index < -0.39 is 19.0 Å². The van der Waals surface area contributed by atoms with Crippen molar-refractivity contribution in [2.24, 2.45) is 0 Å². The lowest BCUT2D eigenvalue weighted by Gasteiger charge is -2.26. The highest BCUT2D eigenvalue weighted by Gasteiger charge is 2.24. The highest BCUT2D eigenvalue weighted by molar-refractivity contribution is 5.99. The van der Waals surface area contributed by atoms with Crippen molar-refractivity contribution in [2.75, 3.05) is 19.7 Å². The fourth-order valence-corrected chi connectivity index (χ4v) is 1.76. The highest BCUT2D eigenvalue weighted by Crippen LogP contribution is 2.10. The number of carbonyl (C=O) groups excluding carboxylic acids is 1. The normalized spacial score (nSPS) is 13.0. The van der Waals surface area contributed by atoms with Gasteiger partial charge in [0.1, 0.15) is 0 Å². The fourth-order valence-electron chi connectivity index (χ4n) is 1.76. The lowest BCUT2D eigenvalue weighted by molar-refractivity contribution is 0.0515. The molecule has 0 saturated heterocycles. The number of benzene rings is 1. The smallest absolute Gasteiger partial charge is 0.251 e. The van der Waals surface area contributed by atoms with E-state index in [0.29, 0.717) is 5.56 Å². The Morgan fingerprint density at radius 1 is 1.33 bits per heavy atom. The molecule has 0 amide bonds. The van der Waals surface area contributed by atoms with Crippen LogP contribution >= 0.6 is 0 Å². The number of hydrogen-bond acceptors (Lipinski definition) is 3. The van der Waals surface area contributed by atoms with Gasteiger partial charge in [-0.15, -0.1) is 0 Å². The number of aliphatic hydroxyl groups excluding tert-OH is 1. The summed E-state index contributed by atoms with van der Waals surface area (Å²) in [5.74, 6) is -0.218. The highest BCUT2D eigenvalue weighted by atomic mass is 19.3. The summed E-state index contributed by atoms with van der Waals surface area (Å²) in [5.41, 5.74) is 0.488. The first kappa shape index (κ1) is 14.7. The molecule has 5 heteroatoms. The van der Waals surface area contributed by atoms with Gasteiger partial charge in [-0.3, -0.25) is 9.69 Å². The lowest BCUT2D eigenvalue weighted by atomic mass is 10.0. The molecule has 0 spiro atoms. The van der Waals surface area contributed by atoms with Crippen molar-refractivity contribution in [1.82, 2.24) is 4.90 Å². The van der Waals surface area contributed by atoms with Gasteiger partial charge >= 0.3 is 0 Å². The van der Waals surface area contributed by atoms with Crippen LogP contribution in [-0.4, -0.2) is 48.0 Å². The van der Waals surface area contributed by atoms with Gasteiger partial charge in [-0.1, -0.05) is 30.3 Å². The first-order valence-corrected chi connectivity index (χ1v) is 5.78. The van der Waals surface area contributed by atoms with Crippen molar-refractivity contribution in [3.63, 3.8) is 0 Å². The summed E-state index contributed by atoms with van der Waals surface area (Å²) in [5, 5.41) is 8.85. The molecule has 0 bridgehead atoms. The van der Waals surface area contributed by atoms with Crippen LogP contribution in [0.3, 0.4) is 0 Å². The lowest BCUT2D eigenvalue weighted by Crippen LogP contribution is -2.43. The molecule has 3 nitrogen and oxygen atoms in total. The summed E-state index contributed by atoms with van der Waals surface area (Å²) >= 11 is 0. The number of ketones is 1. The molecule has 0 aromatic heterocycles. The van der Waals surface area contributed by atoms with Crippen molar-refractivity contribution in [2.45, 2.75) is 19.4 Å². The Morgan fingerprint density at radius 3 is 2.44 bits per heavy atom. The van der Waals surface area contributed by atoms with Crippen LogP contribution in [0.2, 0.25) is 0 Å². The Hall–Kier alpha value is -1.33. The van der Waals surface area contributed by atoms with E-state index in [0.717, 1.165) is 0 Å². The SMILES string of the molecule is CC(C(=O)c1ccccc1)N(CCO)CC(F)F. The molecule has 0 heterocycles. The van der Waals surface area contributed by atoms with Gasteiger partial charge in [0.25, 0.3) is 6.43 Å². The maximum absolute atomic E-state index is 12.4. The van der Waals surface area contributed by atoms with E-state index in [1.54, 1.807) is 37.3 Å². The van der Waals surface area contributed by atoms with E-state index >= 15 is 0 Å². The first-order valence-electron chi connectivity index (χ1n) is 5.78. The molecule has 1 atom stereocenters. The molecule has 100 valence electrons. The minimum absolute atomic E-state index is 0.0596. The minimum Gasteiger partial charge on any atom is -0.395 e. The molecule has 1 aromatic rings. The van der Waals surface area contributed by atoms with E-state index in [-0.39, 0.29) is 18.9 Å². The van der Waals surface area contributed by atoms with Crippen molar-refractivity contribution < 1.29 is 18.7 Å². The monoisotopic (exact) mass is 257 g/mol. The van der Waals surface area contributed by atoms with Crippen LogP contribution in [0.5, 0.6) is 0 Å². The maximum Gasteiger partial charge on any atom is 0.251 e. The standard InChI is InChI=1S/C13H17F2NO2/c1-10(16(7-8-17)9-12(14)15)13(18)11-5-3-2-4-6-11/h2-6,10,12,17H,7-9H2,1H3. The van der Waals surface area contributed by atoms with Gasteiger partial charge in [-0.25, -0.2) is 8.78 Å². The van der Waals surface area contributed by atoms with Crippen molar-refractivity contribution in [3.8, 4) is 0 Å². The van der Waals surface area contributed by atoms with E-state index in [4.69, 9.17) is 5.11 Å². The number of Topliss-reactive ketones (excluding diaryl/α,β-unsaturated/α-hetero) is 1. The molecule has 0 aliphatic heterocycles. The summed E-state index contributed by atoms with van der Waals surface area (Å²) in [4.78, 5) is 13.4. The third kappa shape index (κ3) is 4.16. The molecule has 0 aliphatic carbocycles. The van der Waals surface area contributed by atoms with Gasteiger partial charge in [0.2, 0.25) is 0 Å². The number of aliphatic hydroxyl groups is 1. The van der Waals surface area contributed by atoms with Crippen LogP contribution in [-0.2, 0) is 0 Å². The summed E-state index contributed by atoms with van der Waals surface area (Å²) in [6.45, 7) is 0.872. The zero-order chi connectivity index (χ0) is 13.5. The van der Waals surface area contributed by atoms with Crippen LogP contribution < -0.4 is 0 Å². The Kier molecular flexibility index (Phi) is 5.88. The topological polar surface area (TPSA) is 40.5 Å². The Bertz CT molecular complexity index is 371. The molecular formula is C13H17F2NO2.